The predicted octanol–water partition coefficient (Wildman–Crippen LogP) is 3.10. The monoisotopic (exact) mass is 273 g/mol. The first-order chi connectivity index (χ1) is 7.68. The molecule has 1 amide bonds. The fourth-order valence-corrected chi connectivity index (χ4v) is 1.91. The topological polar surface area (TPSA) is 54.9 Å². The second kappa shape index (κ2) is 4.78. The summed E-state index contributed by atoms with van der Waals surface area (Å²) in [5.41, 5.74) is 0. The van der Waals surface area contributed by atoms with Crippen LogP contribution in [0, 0.1) is 0 Å². The number of carbonyl (C=O) groups excluding carboxylic acids is 1. The highest BCUT2D eigenvalue weighted by atomic mass is 35.5. The summed E-state index contributed by atoms with van der Waals surface area (Å²) in [6.07, 6.45) is 1.23. The highest BCUT2D eigenvalue weighted by Crippen LogP contribution is 2.25. The highest BCUT2D eigenvalue weighted by Gasteiger charge is 2.12. The van der Waals surface area contributed by atoms with Gasteiger partial charge >= 0.3 is 0 Å². The molecule has 0 unspecified atom stereocenters. The van der Waals surface area contributed by atoms with Crippen LogP contribution in [0.1, 0.15) is 9.67 Å². The molecule has 7 heteroatoms. The number of aromatic nitrogens is 2. The van der Waals surface area contributed by atoms with E-state index in [-0.39, 0.29) is 21.9 Å². The van der Waals surface area contributed by atoms with Crippen molar-refractivity contribution < 1.29 is 4.79 Å². The Morgan fingerprint density at radius 3 is 2.88 bits per heavy atom. The molecule has 2 heterocycles. The number of nitrogens with zero attached hydrogens (tertiary/aromatic N) is 2. The van der Waals surface area contributed by atoms with Gasteiger partial charge in [0.05, 0.1) is 4.88 Å². The van der Waals surface area contributed by atoms with Crippen molar-refractivity contribution in [3.05, 3.63) is 38.9 Å². The number of thiophene rings is 1. The molecule has 16 heavy (non-hydrogen) atoms. The van der Waals surface area contributed by atoms with Gasteiger partial charge in [-0.1, -0.05) is 29.3 Å². The summed E-state index contributed by atoms with van der Waals surface area (Å²) >= 11 is 12.8. The van der Waals surface area contributed by atoms with Crippen LogP contribution < -0.4 is 5.32 Å². The van der Waals surface area contributed by atoms with Gasteiger partial charge in [-0.05, 0) is 11.4 Å². The molecule has 2 aromatic heterocycles. The Balaban J connectivity index is 2.22. The van der Waals surface area contributed by atoms with E-state index in [1.54, 1.807) is 12.1 Å². The Kier molecular flexibility index (Phi) is 3.38. The normalized spacial score (nSPS) is 10.1. The van der Waals surface area contributed by atoms with Crippen molar-refractivity contribution >= 4 is 46.3 Å². The van der Waals surface area contributed by atoms with E-state index >= 15 is 0 Å². The predicted molar refractivity (Wildman–Crippen MR) is 64.3 cm³/mol. The Labute approximate surface area is 105 Å². The third kappa shape index (κ3) is 2.32. The first kappa shape index (κ1) is 11.3. The Morgan fingerprint density at radius 1 is 1.38 bits per heavy atom. The second-order valence-electron chi connectivity index (χ2n) is 2.76. The van der Waals surface area contributed by atoms with Gasteiger partial charge in [-0.15, -0.1) is 11.3 Å². The van der Waals surface area contributed by atoms with Crippen LogP contribution in [0.3, 0.4) is 0 Å². The Morgan fingerprint density at radius 2 is 2.19 bits per heavy atom. The fraction of sp³-hybridized carbons (Fsp3) is 0. The maximum atomic E-state index is 11.7. The molecule has 0 aliphatic heterocycles. The van der Waals surface area contributed by atoms with Crippen LogP contribution in [0.5, 0.6) is 0 Å². The van der Waals surface area contributed by atoms with Crippen molar-refractivity contribution in [1.82, 2.24) is 9.97 Å². The summed E-state index contributed by atoms with van der Waals surface area (Å²) in [5, 5.41) is 4.61. The van der Waals surface area contributed by atoms with Crippen molar-refractivity contribution in [1.29, 1.82) is 0 Å². The zero-order valence-electron chi connectivity index (χ0n) is 7.78. The number of hydrogen-bond acceptors (Lipinski definition) is 4. The first-order valence-corrected chi connectivity index (χ1v) is 5.83. The molecular weight excluding hydrogens is 269 g/mol. The molecule has 0 fully saturated rings. The zero-order chi connectivity index (χ0) is 11.5. The van der Waals surface area contributed by atoms with Crippen LogP contribution in [0.15, 0.2) is 23.8 Å². The lowest BCUT2D eigenvalue weighted by Crippen LogP contribution is -2.12. The van der Waals surface area contributed by atoms with E-state index in [0.29, 0.717) is 4.88 Å². The van der Waals surface area contributed by atoms with Crippen molar-refractivity contribution in [2.45, 2.75) is 0 Å². The van der Waals surface area contributed by atoms with Crippen LogP contribution in [0.4, 0.5) is 5.82 Å². The average molecular weight is 274 g/mol. The number of hydrogen-bond donors (Lipinski definition) is 1. The molecule has 1 N–H and O–H groups in total. The molecule has 0 aliphatic carbocycles. The highest BCUT2D eigenvalue weighted by molar-refractivity contribution is 7.12. The molecule has 2 rings (SSSR count). The molecular formula is C9H5Cl2N3OS. The zero-order valence-corrected chi connectivity index (χ0v) is 10.1. The lowest BCUT2D eigenvalue weighted by molar-refractivity contribution is 0.103. The minimum absolute atomic E-state index is 0.109. The summed E-state index contributed by atoms with van der Waals surface area (Å²) in [4.78, 5) is 19.8. The van der Waals surface area contributed by atoms with Crippen LogP contribution in [0.25, 0.3) is 0 Å². The molecule has 4 nitrogen and oxygen atoms in total. The van der Waals surface area contributed by atoms with Crippen LogP contribution in [-0.2, 0) is 0 Å². The molecule has 0 spiro atoms. The number of anilines is 1. The van der Waals surface area contributed by atoms with E-state index in [0.717, 1.165) is 0 Å². The van der Waals surface area contributed by atoms with E-state index in [4.69, 9.17) is 23.2 Å². The Bertz CT molecular complexity index is 515. The number of rotatable bonds is 2. The largest absolute Gasteiger partial charge is 0.304 e. The number of carbonyl (C=O) groups is 1. The summed E-state index contributed by atoms with van der Waals surface area (Å²) in [5.74, 6) is -0.0632. The van der Waals surface area contributed by atoms with Gasteiger partial charge < -0.3 is 5.32 Å². The van der Waals surface area contributed by atoms with Gasteiger partial charge in [0, 0.05) is 0 Å². The van der Waals surface area contributed by atoms with Gasteiger partial charge in [-0.25, -0.2) is 9.97 Å². The lowest BCUT2D eigenvalue weighted by Gasteiger charge is -2.04. The van der Waals surface area contributed by atoms with Gasteiger partial charge in [0.1, 0.15) is 11.3 Å². The van der Waals surface area contributed by atoms with Crippen molar-refractivity contribution in [3.63, 3.8) is 0 Å². The second-order valence-corrected chi connectivity index (χ2v) is 4.44. The van der Waals surface area contributed by atoms with E-state index in [1.165, 1.54) is 17.7 Å². The molecule has 0 atom stereocenters. The van der Waals surface area contributed by atoms with E-state index in [2.05, 4.69) is 15.3 Å². The van der Waals surface area contributed by atoms with Crippen LogP contribution >= 0.6 is 34.5 Å². The van der Waals surface area contributed by atoms with Crippen LogP contribution in [-0.4, -0.2) is 15.9 Å². The van der Waals surface area contributed by atoms with Crippen molar-refractivity contribution in [2.24, 2.45) is 0 Å². The number of amides is 1. The standard InChI is InChI=1S/C9H5Cl2N3OS/c10-6-7(11)12-4-13-8(6)14-9(15)5-2-1-3-16-5/h1-4H,(H,12,13,14,15). The SMILES string of the molecule is O=C(Nc1ncnc(Cl)c1Cl)c1cccs1. The molecule has 0 saturated heterocycles. The summed E-state index contributed by atoms with van der Waals surface area (Å²) in [6.45, 7) is 0. The van der Waals surface area contributed by atoms with Gasteiger partial charge in [0.2, 0.25) is 0 Å². The van der Waals surface area contributed by atoms with Gasteiger partial charge in [0.25, 0.3) is 5.91 Å². The van der Waals surface area contributed by atoms with Crippen molar-refractivity contribution in [3.8, 4) is 0 Å². The van der Waals surface area contributed by atoms with E-state index in [9.17, 15) is 4.79 Å². The van der Waals surface area contributed by atoms with E-state index in [1.807, 2.05) is 5.38 Å². The molecule has 0 aliphatic rings. The molecule has 82 valence electrons. The minimum Gasteiger partial charge on any atom is -0.304 e. The fourth-order valence-electron chi connectivity index (χ4n) is 1.01. The maximum absolute atomic E-state index is 11.7. The molecule has 2 aromatic rings. The summed E-state index contributed by atoms with van der Waals surface area (Å²) in [6, 6.07) is 3.49. The van der Waals surface area contributed by atoms with Crippen molar-refractivity contribution in [2.75, 3.05) is 5.32 Å². The molecule has 0 bridgehead atoms. The maximum Gasteiger partial charge on any atom is 0.266 e. The van der Waals surface area contributed by atoms with Gasteiger partial charge in [-0.2, -0.15) is 0 Å². The smallest absolute Gasteiger partial charge is 0.266 e. The third-order valence-corrected chi connectivity index (χ3v) is 3.33. The lowest BCUT2D eigenvalue weighted by atomic mass is 10.4. The third-order valence-electron chi connectivity index (χ3n) is 1.72. The quantitative estimate of drug-likeness (QED) is 0.856. The van der Waals surface area contributed by atoms with Gasteiger partial charge in [-0.3, -0.25) is 4.79 Å². The molecule has 0 aromatic carbocycles. The first-order valence-electron chi connectivity index (χ1n) is 4.19. The number of nitrogens with one attached hydrogen (secondary N) is 1. The van der Waals surface area contributed by atoms with Gasteiger partial charge in [0.15, 0.2) is 11.0 Å². The Hall–Kier alpha value is -1.17. The molecule has 0 radical (unpaired) electrons. The summed E-state index contributed by atoms with van der Waals surface area (Å²) in [7, 11) is 0. The minimum atomic E-state index is -0.272. The molecule has 0 saturated carbocycles. The number of halogens is 2. The summed E-state index contributed by atoms with van der Waals surface area (Å²) < 4.78 is 0. The van der Waals surface area contributed by atoms with E-state index < -0.39 is 0 Å². The average Bonchev–Trinajstić information content (AvgIpc) is 2.78. The van der Waals surface area contributed by atoms with Crippen LogP contribution in [0.2, 0.25) is 10.2 Å².